The quantitative estimate of drug-likeness (QED) is 0.810. The molecule has 3 rings (SSSR count). The van der Waals surface area contributed by atoms with E-state index in [-0.39, 0.29) is 11.3 Å². The number of halogens is 1. The number of aryl methyl sites for hydroxylation is 1. The van der Waals surface area contributed by atoms with Crippen molar-refractivity contribution in [2.45, 2.75) is 38.0 Å². The van der Waals surface area contributed by atoms with Crippen molar-refractivity contribution in [1.29, 1.82) is 0 Å². The molecule has 0 radical (unpaired) electrons. The molecule has 1 saturated carbocycles. The van der Waals surface area contributed by atoms with Gasteiger partial charge in [-0.25, -0.2) is 4.98 Å². The molecule has 0 saturated heterocycles. The predicted octanol–water partition coefficient (Wildman–Crippen LogP) is 4.23. The normalized spacial score (nSPS) is 16.0. The molecule has 0 spiro atoms. The number of rotatable bonds is 5. The number of amides is 1. The van der Waals surface area contributed by atoms with Crippen molar-refractivity contribution in [3.63, 3.8) is 0 Å². The molecule has 0 unspecified atom stereocenters. The minimum atomic E-state index is -0.345. The summed E-state index contributed by atoms with van der Waals surface area (Å²) in [6.45, 7) is 2.76. The summed E-state index contributed by atoms with van der Waals surface area (Å²) in [5.41, 5.74) is 3.70. The van der Waals surface area contributed by atoms with Crippen LogP contribution in [0.25, 0.3) is 0 Å². The van der Waals surface area contributed by atoms with E-state index in [1.807, 2.05) is 48.6 Å². The molecule has 5 heteroatoms. The van der Waals surface area contributed by atoms with Crippen LogP contribution in [-0.2, 0) is 16.6 Å². The Morgan fingerprint density at radius 1 is 1.35 bits per heavy atom. The highest BCUT2D eigenvalue weighted by molar-refractivity contribution is 7.09. The Hall–Kier alpha value is -1.39. The first-order valence-electron chi connectivity index (χ1n) is 7.93. The topological polar surface area (TPSA) is 33.2 Å². The zero-order chi connectivity index (χ0) is 16.4. The van der Waals surface area contributed by atoms with E-state index in [9.17, 15) is 4.79 Å². The lowest BCUT2D eigenvalue weighted by Gasteiger charge is -2.43. The molecular weight excluding hydrogens is 328 g/mol. The van der Waals surface area contributed by atoms with Crippen LogP contribution in [-0.4, -0.2) is 29.4 Å². The lowest BCUT2D eigenvalue weighted by molar-refractivity contribution is -0.139. The SMILES string of the molecule is Cc1ncsc1CCN(C)C(=O)C1(c2ccc(Cl)cc2)CCC1. The summed E-state index contributed by atoms with van der Waals surface area (Å²) >= 11 is 7.65. The number of hydrogen-bond acceptors (Lipinski definition) is 3. The summed E-state index contributed by atoms with van der Waals surface area (Å²) in [5, 5.41) is 0.713. The van der Waals surface area contributed by atoms with Gasteiger partial charge in [-0.2, -0.15) is 0 Å². The van der Waals surface area contributed by atoms with Gasteiger partial charge in [-0.05, 0) is 37.5 Å². The van der Waals surface area contributed by atoms with Gasteiger partial charge in [-0.1, -0.05) is 30.2 Å². The van der Waals surface area contributed by atoms with Crippen molar-refractivity contribution >= 4 is 28.8 Å². The van der Waals surface area contributed by atoms with E-state index in [0.717, 1.165) is 43.5 Å². The third kappa shape index (κ3) is 3.15. The monoisotopic (exact) mass is 348 g/mol. The Bertz CT molecular complexity index is 691. The standard InChI is InChI=1S/C18H21ClN2OS/c1-13-16(23-12-20-13)8-11-21(2)17(22)18(9-3-10-18)14-4-6-15(19)7-5-14/h4-7,12H,3,8-11H2,1-2H3. The zero-order valence-electron chi connectivity index (χ0n) is 13.5. The molecule has 1 aliphatic carbocycles. The van der Waals surface area contributed by atoms with Gasteiger partial charge in [0.1, 0.15) is 0 Å². The van der Waals surface area contributed by atoms with Crippen molar-refractivity contribution in [3.8, 4) is 0 Å². The maximum absolute atomic E-state index is 13.1. The fourth-order valence-corrected chi connectivity index (χ4v) is 4.12. The molecule has 2 aromatic rings. The molecular formula is C18H21ClN2OS. The molecule has 0 N–H and O–H groups in total. The Labute approximate surface area is 146 Å². The van der Waals surface area contributed by atoms with E-state index in [1.54, 1.807) is 11.3 Å². The maximum Gasteiger partial charge on any atom is 0.232 e. The average molecular weight is 349 g/mol. The van der Waals surface area contributed by atoms with Crippen LogP contribution in [0.15, 0.2) is 29.8 Å². The molecule has 0 bridgehead atoms. The van der Waals surface area contributed by atoms with Crippen LogP contribution in [0.5, 0.6) is 0 Å². The van der Waals surface area contributed by atoms with Crippen LogP contribution in [0.3, 0.4) is 0 Å². The molecule has 23 heavy (non-hydrogen) atoms. The van der Waals surface area contributed by atoms with E-state index in [1.165, 1.54) is 4.88 Å². The Balaban J connectivity index is 1.72. The maximum atomic E-state index is 13.1. The average Bonchev–Trinajstić information content (AvgIpc) is 2.90. The Kier molecular flexibility index (Phi) is 4.74. The second-order valence-electron chi connectivity index (χ2n) is 6.28. The molecule has 1 aliphatic rings. The smallest absolute Gasteiger partial charge is 0.232 e. The van der Waals surface area contributed by atoms with Crippen LogP contribution in [0.2, 0.25) is 5.02 Å². The largest absolute Gasteiger partial charge is 0.345 e. The molecule has 1 amide bonds. The molecule has 1 fully saturated rings. The van der Waals surface area contributed by atoms with Crippen molar-refractivity contribution < 1.29 is 4.79 Å². The van der Waals surface area contributed by atoms with Gasteiger partial charge >= 0.3 is 0 Å². The highest BCUT2D eigenvalue weighted by atomic mass is 35.5. The van der Waals surface area contributed by atoms with Gasteiger partial charge < -0.3 is 4.90 Å². The van der Waals surface area contributed by atoms with Crippen LogP contribution < -0.4 is 0 Å². The van der Waals surface area contributed by atoms with Gasteiger partial charge in [0.25, 0.3) is 0 Å². The van der Waals surface area contributed by atoms with Crippen molar-refractivity contribution in [2.24, 2.45) is 0 Å². The van der Waals surface area contributed by atoms with E-state index in [2.05, 4.69) is 4.98 Å². The van der Waals surface area contributed by atoms with Crippen LogP contribution in [0.4, 0.5) is 0 Å². The lowest BCUT2D eigenvalue weighted by Crippen LogP contribution is -2.50. The summed E-state index contributed by atoms with van der Waals surface area (Å²) in [6, 6.07) is 7.76. The second kappa shape index (κ2) is 6.62. The van der Waals surface area contributed by atoms with Crippen LogP contribution >= 0.6 is 22.9 Å². The van der Waals surface area contributed by atoms with E-state index < -0.39 is 0 Å². The Morgan fingerprint density at radius 2 is 2.04 bits per heavy atom. The van der Waals surface area contributed by atoms with Gasteiger partial charge in [0.05, 0.1) is 16.6 Å². The fraction of sp³-hybridized carbons (Fsp3) is 0.444. The van der Waals surface area contributed by atoms with Crippen LogP contribution in [0, 0.1) is 6.92 Å². The number of aromatic nitrogens is 1. The summed E-state index contributed by atoms with van der Waals surface area (Å²) in [4.78, 5) is 20.5. The van der Waals surface area contributed by atoms with Gasteiger partial charge in [-0.3, -0.25) is 4.79 Å². The number of benzene rings is 1. The van der Waals surface area contributed by atoms with Gasteiger partial charge in [0.2, 0.25) is 5.91 Å². The molecule has 0 aliphatic heterocycles. The fourth-order valence-electron chi connectivity index (χ4n) is 3.23. The summed E-state index contributed by atoms with van der Waals surface area (Å²) in [5.74, 6) is 0.230. The minimum absolute atomic E-state index is 0.230. The molecule has 1 aromatic heterocycles. The molecule has 1 heterocycles. The zero-order valence-corrected chi connectivity index (χ0v) is 15.1. The van der Waals surface area contributed by atoms with Gasteiger partial charge in [0, 0.05) is 29.9 Å². The number of nitrogens with zero attached hydrogens (tertiary/aromatic N) is 2. The Morgan fingerprint density at radius 3 is 2.57 bits per heavy atom. The molecule has 3 nitrogen and oxygen atoms in total. The summed E-state index contributed by atoms with van der Waals surface area (Å²) in [7, 11) is 1.91. The third-order valence-electron chi connectivity index (χ3n) is 4.88. The number of hydrogen-bond donors (Lipinski definition) is 0. The number of carbonyl (C=O) groups excluding carboxylic acids is 1. The van der Waals surface area contributed by atoms with Gasteiger partial charge in [0.15, 0.2) is 0 Å². The first-order chi connectivity index (χ1) is 11.0. The second-order valence-corrected chi connectivity index (χ2v) is 7.66. The molecule has 0 atom stereocenters. The van der Waals surface area contributed by atoms with Crippen molar-refractivity contribution in [2.75, 3.05) is 13.6 Å². The minimum Gasteiger partial charge on any atom is -0.345 e. The predicted molar refractivity (Wildman–Crippen MR) is 95.2 cm³/mol. The third-order valence-corrected chi connectivity index (χ3v) is 6.13. The van der Waals surface area contributed by atoms with E-state index in [0.29, 0.717) is 5.02 Å². The highest BCUT2D eigenvalue weighted by Gasteiger charge is 2.46. The number of carbonyl (C=O) groups is 1. The number of thiazole rings is 1. The van der Waals surface area contributed by atoms with Crippen molar-refractivity contribution in [3.05, 3.63) is 50.9 Å². The highest BCUT2D eigenvalue weighted by Crippen LogP contribution is 2.45. The van der Waals surface area contributed by atoms with Crippen LogP contribution in [0.1, 0.15) is 35.4 Å². The summed E-state index contributed by atoms with van der Waals surface area (Å²) in [6.07, 6.45) is 3.83. The summed E-state index contributed by atoms with van der Waals surface area (Å²) < 4.78 is 0. The van der Waals surface area contributed by atoms with E-state index >= 15 is 0 Å². The first-order valence-corrected chi connectivity index (χ1v) is 9.19. The number of likely N-dealkylation sites (N-methyl/N-ethyl adjacent to an activating group) is 1. The molecule has 1 aromatic carbocycles. The van der Waals surface area contributed by atoms with E-state index in [4.69, 9.17) is 11.6 Å². The van der Waals surface area contributed by atoms with Crippen molar-refractivity contribution in [1.82, 2.24) is 9.88 Å². The molecule has 122 valence electrons. The first kappa shape index (κ1) is 16.5. The lowest BCUT2D eigenvalue weighted by atomic mass is 9.63. The van der Waals surface area contributed by atoms with Gasteiger partial charge in [-0.15, -0.1) is 11.3 Å².